The molecule has 0 heterocycles. The molecule has 5 nitrogen and oxygen atoms in total. The molecule has 1 N–H and O–H groups in total. The van der Waals surface area contributed by atoms with Crippen LogP contribution in [0.5, 0.6) is 0 Å². The molecule has 140 valence electrons. The maximum atomic E-state index is 11.8. The smallest absolute Gasteiger partial charge is 0.309 e. The highest BCUT2D eigenvalue weighted by atomic mass is 16.5. The fourth-order valence-electron chi connectivity index (χ4n) is 2.54. The monoisotopic (exact) mass is 342 g/mol. The van der Waals surface area contributed by atoms with Gasteiger partial charge in [-0.1, -0.05) is 19.3 Å². The number of ketones is 1. The summed E-state index contributed by atoms with van der Waals surface area (Å²) in [5.41, 5.74) is -1.10. The number of rotatable bonds is 15. The molecule has 0 bridgehead atoms. The number of hydrogen-bond donors (Lipinski definition) is 1. The molecule has 24 heavy (non-hydrogen) atoms. The van der Waals surface area contributed by atoms with Crippen LogP contribution in [-0.2, 0) is 19.1 Å². The minimum Gasteiger partial charge on any atom is -0.481 e. The third-order valence-corrected chi connectivity index (χ3v) is 4.44. The largest absolute Gasteiger partial charge is 0.481 e. The van der Waals surface area contributed by atoms with Crippen LogP contribution in [0.3, 0.4) is 0 Å². The van der Waals surface area contributed by atoms with Crippen molar-refractivity contribution in [2.24, 2.45) is 5.41 Å². The molecule has 5 heteroatoms. The van der Waals surface area contributed by atoms with Gasteiger partial charge in [-0.3, -0.25) is 14.4 Å². The third-order valence-electron chi connectivity index (χ3n) is 4.44. The minimum absolute atomic E-state index is 0.288. The molecule has 0 amide bonds. The van der Waals surface area contributed by atoms with E-state index in [9.17, 15) is 14.4 Å². The lowest BCUT2D eigenvalue weighted by atomic mass is 9.87. The van der Waals surface area contributed by atoms with Gasteiger partial charge in [0, 0.05) is 12.8 Å². The van der Waals surface area contributed by atoms with Crippen molar-refractivity contribution in [1.82, 2.24) is 0 Å². The second-order valence-electron chi connectivity index (χ2n) is 7.82. The fraction of sp³-hybridized carbons (Fsp3) is 0.842. The Balaban J connectivity index is 3.61. The van der Waals surface area contributed by atoms with E-state index in [1.165, 1.54) is 0 Å². The molecule has 0 saturated carbocycles. The molecule has 0 unspecified atom stereocenters. The zero-order valence-electron chi connectivity index (χ0n) is 15.7. The Bertz CT molecular complexity index is 399. The first-order valence-corrected chi connectivity index (χ1v) is 8.97. The van der Waals surface area contributed by atoms with E-state index < -0.39 is 17.0 Å². The Morgan fingerprint density at radius 3 is 1.83 bits per heavy atom. The van der Waals surface area contributed by atoms with Gasteiger partial charge in [0.1, 0.15) is 11.4 Å². The third kappa shape index (κ3) is 11.2. The first-order valence-electron chi connectivity index (χ1n) is 8.97. The zero-order valence-corrected chi connectivity index (χ0v) is 15.7. The molecule has 0 fully saturated rings. The van der Waals surface area contributed by atoms with Gasteiger partial charge in [0.05, 0.1) is 5.41 Å². The van der Waals surface area contributed by atoms with Gasteiger partial charge >= 0.3 is 5.97 Å². The molecule has 0 aromatic carbocycles. The van der Waals surface area contributed by atoms with Gasteiger partial charge in [-0.2, -0.15) is 0 Å². The molecule has 0 aliphatic rings. The second-order valence-corrected chi connectivity index (χ2v) is 7.82. The van der Waals surface area contributed by atoms with E-state index in [0.717, 1.165) is 44.9 Å². The molecule has 0 rings (SSSR count). The topological polar surface area (TPSA) is 80.7 Å². The van der Waals surface area contributed by atoms with Crippen molar-refractivity contribution in [3.63, 3.8) is 0 Å². The lowest BCUT2D eigenvalue weighted by Crippen LogP contribution is -2.23. The van der Waals surface area contributed by atoms with Crippen LogP contribution in [0.4, 0.5) is 0 Å². The summed E-state index contributed by atoms with van der Waals surface area (Å²) in [5, 5.41) is 9.03. The van der Waals surface area contributed by atoms with E-state index in [1.54, 1.807) is 13.8 Å². The predicted octanol–water partition coefficient (Wildman–Crippen LogP) is 4.52. The maximum Gasteiger partial charge on any atom is 0.309 e. The molecule has 0 aromatic heterocycles. The lowest BCUT2D eigenvalue weighted by molar-refractivity contribution is -0.147. The van der Waals surface area contributed by atoms with Crippen LogP contribution in [0, 0.1) is 5.41 Å². The highest BCUT2D eigenvalue weighted by Crippen LogP contribution is 2.24. The Morgan fingerprint density at radius 2 is 1.38 bits per heavy atom. The van der Waals surface area contributed by atoms with Crippen LogP contribution >= 0.6 is 0 Å². The van der Waals surface area contributed by atoms with Crippen molar-refractivity contribution in [2.75, 3.05) is 0 Å². The van der Waals surface area contributed by atoms with Crippen molar-refractivity contribution in [3.05, 3.63) is 0 Å². The molecule has 0 atom stereocenters. The van der Waals surface area contributed by atoms with E-state index >= 15 is 0 Å². The number of aliphatic carboxylic acids is 1. The van der Waals surface area contributed by atoms with Gasteiger partial charge in [0.2, 0.25) is 0 Å². The van der Waals surface area contributed by atoms with E-state index in [-0.39, 0.29) is 5.78 Å². The summed E-state index contributed by atoms with van der Waals surface area (Å²) < 4.78 is 4.99. The van der Waals surface area contributed by atoms with Crippen LogP contribution in [0.25, 0.3) is 0 Å². The van der Waals surface area contributed by atoms with Gasteiger partial charge in [0.25, 0.3) is 6.47 Å². The number of carboxylic acids is 1. The standard InChI is InChI=1S/C19H34O5/c1-18(2,17(22)23)13-9-5-7-11-16(21)12-8-6-10-14-19(3,4)24-15-20/h15H,5-14H2,1-4H3,(H,22,23). The minimum atomic E-state index is -0.764. The van der Waals surface area contributed by atoms with Crippen LogP contribution in [-0.4, -0.2) is 28.9 Å². The number of carboxylic acid groups (broad SMARTS) is 1. The van der Waals surface area contributed by atoms with E-state index in [4.69, 9.17) is 9.84 Å². The van der Waals surface area contributed by atoms with Gasteiger partial charge in [-0.15, -0.1) is 0 Å². The highest BCUT2D eigenvalue weighted by Gasteiger charge is 2.25. The number of Topliss-reactive ketones (excluding diaryl/α,β-unsaturated/α-hetero) is 1. The lowest BCUT2D eigenvalue weighted by Gasteiger charge is -2.22. The normalized spacial score (nSPS) is 12.0. The summed E-state index contributed by atoms with van der Waals surface area (Å²) in [6, 6.07) is 0. The van der Waals surface area contributed by atoms with Crippen LogP contribution in [0.2, 0.25) is 0 Å². The Kier molecular flexibility index (Phi) is 10.6. The quantitative estimate of drug-likeness (QED) is 0.349. The van der Waals surface area contributed by atoms with Crippen LogP contribution in [0.15, 0.2) is 0 Å². The number of ether oxygens (including phenoxy) is 1. The first kappa shape index (κ1) is 22.6. The van der Waals surface area contributed by atoms with Crippen molar-refractivity contribution in [1.29, 1.82) is 0 Å². The number of carbonyl (C=O) groups is 3. The fourth-order valence-corrected chi connectivity index (χ4v) is 2.54. The van der Waals surface area contributed by atoms with Gasteiger partial charge < -0.3 is 9.84 Å². The summed E-state index contributed by atoms with van der Waals surface area (Å²) in [4.78, 5) is 33.1. The Labute approximate surface area is 146 Å². The second kappa shape index (κ2) is 11.2. The summed E-state index contributed by atoms with van der Waals surface area (Å²) in [6.45, 7) is 7.74. The van der Waals surface area contributed by atoms with Crippen molar-refractivity contribution in [2.45, 2.75) is 97.5 Å². The molecule has 0 aliphatic carbocycles. The molecule has 0 radical (unpaired) electrons. The number of hydrogen-bond acceptors (Lipinski definition) is 4. The summed E-state index contributed by atoms with van der Waals surface area (Å²) in [6.07, 6.45) is 8.02. The molecule has 0 aliphatic heterocycles. The van der Waals surface area contributed by atoms with Crippen LogP contribution in [0.1, 0.15) is 91.9 Å². The van der Waals surface area contributed by atoms with E-state index in [1.807, 2.05) is 13.8 Å². The van der Waals surface area contributed by atoms with Gasteiger partial charge in [0.15, 0.2) is 0 Å². The number of carbonyl (C=O) groups excluding carboxylic acids is 2. The number of unbranched alkanes of at least 4 members (excludes halogenated alkanes) is 4. The SMILES string of the molecule is CC(C)(CCCCCC(=O)CCCCCC(C)(C)C(=O)O)OC=O. The van der Waals surface area contributed by atoms with Crippen molar-refractivity contribution < 1.29 is 24.2 Å². The average Bonchev–Trinajstić information content (AvgIpc) is 2.46. The van der Waals surface area contributed by atoms with Gasteiger partial charge in [-0.25, -0.2) is 0 Å². The summed E-state index contributed by atoms with van der Waals surface area (Å²) in [5.74, 6) is -0.476. The molecule has 0 aromatic rings. The van der Waals surface area contributed by atoms with Crippen molar-refractivity contribution in [3.8, 4) is 0 Å². The first-order chi connectivity index (χ1) is 11.1. The average molecular weight is 342 g/mol. The molecular weight excluding hydrogens is 308 g/mol. The summed E-state index contributed by atoms with van der Waals surface area (Å²) >= 11 is 0. The maximum absolute atomic E-state index is 11.8. The van der Waals surface area contributed by atoms with Crippen molar-refractivity contribution >= 4 is 18.2 Å². The Morgan fingerprint density at radius 1 is 0.875 bits per heavy atom. The van der Waals surface area contributed by atoms with E-state index in [2.05, 4.69) is 0 Å². The predicted molar refractivity (Wildman–Crippen MR) is 93.8 cm³/mol. The van der Waals surface area contributed by atoms with Crippen LogP contribution < -0.4 is 0 Å². The van der Waals surface area contributed by atoms with Gasteiger partial charge in [-0.05, 0) is 59.8 Å². The zero-order chi connectivity index (χ0) is 18.6. The molecule has 0 saturated heterocycles. The Hall–Kier alpha value is -1.39. The van der Waals surface area contributed by atoms with E-state index in [0.29, 0.717) is 25.7 Å². The molecular formula is C19H34O5. The molecule has 0 spiro atoms. The summed E-state index contributed by atoms with van der Waals surface area (Å²) in [7, 11) is 0. The highest BCUT2D eigenvalue weighted by molar-refractivity contribution is 5.78.